The molecule has 0 bridgehead atoms. The zero-order valence-electron chi connectivity index (χ0n) is 11.7. The molecule has 0 aliphatic carbocycles. The number of hydrogen-bond acceptors (Lipinski definition) is 3. The maximum absolute atomic E-state index is 11.8. The van der Waals surface area contributed by atoms with E-state index in [9.17, 15) is 4.79 Å². The highest BCUT2D eigenvalue weighted by Gasteiger charge is 2.18. The highest BCUT2D eigenvalue weighted by Crippen LogP contribution is 2.16. The Morgan fingerprint density at radius 3 is 2.33 bits per heavy atom. The minimum atomic E-state index is -0.254. The Morgan fingerprint density at radius 2 is 1.83 bits per heavy atom. The number of nitrogens with one attached hydrogen (secondary N) is 1. The zero-order chi connectivity index (χ0) is 13.5. The standard InChI is InChI=1S/C15H23NO2/c1-5-7-14(15(17)18-6-2)16-13-9-11(3)8-12(4)10-13/h8-10,14,16H,5-7H2,1-4H3. The third-order valence-electron chi connectivity index (χ3n) is 2.71. The molecule has 100 valence electrons. The molecule has 0 amide bonds. The molecule has 0 saturated heterocycles. The average molecular weight is 249 g/mol. The molecule has 0 saturated carbocycles. The smallest absolute Gasteiger partial charge is 0.328 e. The van der Waals surface area contributed by atoms with Gasteiger partial charge in [-0.25, -0.2) is 4.79 Å². The quantitative estimate of drug-likeness (QED) is 0.785. The number of benzene rings is 1. The SMILES string of the molecule is CCCC(Nc1cc(C)cc(C)c1)C(=O)OCC. The van der Waals surface area contributed by atoms with Crippen molar-refractivity contribution in [1.82, 2.24) is 0 Å². The van der Waals surface area contributed by atoms with Crippen LogP contribution in [-0.2, 0) is 9.53 Å². The van der Waals surface area contributed by atoms with Crippen molar-refractivity contribution >= 4 is 11.7 Å². The molecule has 18 heavy (non-hydrogen) atoms. The van der Waals surface area contributed by atoms with E-state index in [0.29, 0.717) is 6.61 Å². The second-order valence-electron chi connectivity index (χ2n) is 4.61. The maximum atomic E-state index is 11.8. The minimum Gasteiger partial charge on any atom is -0.464 e. The molecule has 0 aliphatic rings. The van der Waals surface area contributed by atoms with Crippen LogP contribution in [0.3, 0.4) is 0 Å². The summed E-state index contributed by atoms with van der Waals surface area (Å²) in [5, 5.41) is 3.27. The summed E-state index contributed by atoms with van der Waals surface area (Å²) in [6, 6.07) is 5.96. The molecule has 1 N–H and O–H groups in total. The second-order valence-corrected chi connectivity index (χ2v) is 4.61. The Bertz CT molecular complexity index is 381. The first-order valence-corrected chi connectivity index (χ1v) is 6.58. The van der Waals surface area contributed by atoms with Gasteiger partial charge in [-0.3, -0.25) is 0 Å². The van der Waals surface area contributed by atoms with Gasteiger partial charge in [0.15, 0.2) is 0 Å². The van der Waals surface area contributed by atoms with Gasteiger partial charge in [0.25, 0.3) is 0 Å². The van der Waals surface area contributed by atoms with E-state index in [2.05, 4.69) is 44.3 Å². The number of rotatable bonds is 6. The number of carbonyl (C=O) groups is 1. The van der Waals surface area contributed by atoms with Crippen LogP contribution in [0.5, 0.6) is 0 Å². The Balaban J connectivity index is 2.78. The van der Waals surface area contributed by atoms with E-state index < -0.39 is 0 Å². The molecule has 3 nitrogen and oxygen atoms in total. The van der Waals surface area contributed by atoms with Crippen LogP contribution in [0, 0.1) is 13.8 Å². The molecule has 0 aliphatic heterocycles. The lowest BCUT2D eigenvalue weighted by Crippen LogP contribution is -2.31. The van der Waals surface area contributed by atoms with Crippen LogP contribution in [0.4, 0.5) is 5.69 Å². The van der Waals surface area contributed by atoms with Crippen molar-refractivity contribution in [2.75, 3.05) is 11.9 Å². The van der Waals surface area contributed by atoms with Crippen molar-refractivity contribution in [3.8, 4) is 0 Å². The van der Waals surface area contributed by atoms with Gasteiger partial charge in [0.1, 0.15) is 6.04 Å². The molecular weight excluding hydrogens is 226 g/mol. The summed E-state index contributed by atoms with van der Waals surface area (Å²) in [6.07, 6.45) is 1.73. The lowest BCUT2D eigenvalue weighted by molar-refractivity contribution is -0.144. The highest BCUT2D eigenvalue weighted by molar-refractivity contribution is 5.79. The van der Waals surface area contributed by atoms with Crippen LogP contribution in [0.1, 0.15) is 37.8 Å². The van der Waals surface area contributed by atoms with Crippen LogP contribution < -0.4 is 5.32 Å². The molecule has 0 spiro atoms. The van der Waals surface area contributed by atoms with E-state index in [4.69, 9.17) is 4.74 Å². The van der Waals surface area contributed by atoms with Crippen molar-refractivity contribution in [2.45, 2.75) is 46.6 Å². The Morgan fingerprint density at radius 1 is 1.22 bits per heavy atom. The second kappa shape index (κ2) is 7.04. The Hall–Kier alpha value is -1.51. The van der Waals surface area contributed by atoms with E-state index in [-0.39, 0.29) is 12.0 Å². The summed E-state index contributed by atoms with van der Waals surface area (Å²) < 4.78 is 5.09. The van der Waals surface area contributed by atoms with Crippen LogP contribution in [0.2, 0.25) is 0 Å². The molecule has 1 unspecified atom stereocenters. The van der Waals surface area contributed by atoms with Gasteiger partial charge in [-0.1, -0.05) is 19.4 Å². The van der Waals surface area contributed by atoms with E-state index in [1.807, 2.05) is 6.92 Å². The fourth-order valence-corrected chi connectivity index (χ4v) is 2.04. The predicted molar refractivity (Wildman–Crippen MR) is 74.9 cm³/mol. The summed E-state index contributed by atoms with van der Waals surface area (Å²) in [5.41, 5.74) is 3.37. The summed E-state index contributed by atoms with van der Waals surface area (Å²) in [4.78, 5) is 11.8. The minimum absolute atomic E-state index is 0.168. The van der Waals surface area contributed by atoms with Crippen molar-refractivity contribution in [3.05, 3.63) is 29.3 Å². The molecule has 1 aromatic carbocycles. The largest absolute Gasteiger partial charge is 0.464 e. The first kappa shape index (κ1) is 14.6. The first-order valence-electron chi connectivity index (χ1n) is 6.58. The van der Waals surface area contributed by atoms with Gasteiger partial charge in [0, 0.05) is 5.69 Å². The fraction of sp³-hybridized carbons (Fsp3) is 0.533. The van der Waals surface area contributed by atoms with E-state index in [0.717, 1.165) is 18.5 Å². The summed E-state index contributed by atoms with van der Waals surface area (Å²) >= 11 is 0. The molecule has 1 atom stereocenters. The van der Waals surface area contributed by atoms with Crippen LogP contribution in [0.15, 0.2) is 18.2 Å². The van der Waals surface area contributed by atoms with E-state index >= 15 is 0 Å². The van der Waals surface area contributed by atoms with Crippen LogP contribution in [0.25, 0.3) is 0 Å². The van der Waals surface area contributed by atoms with Crippen LogP contribution in [-0.4, -0.2) is 18.6 Å². The van der Waals surface area contributed by atoms with E-state index in [1.165, 1.54) is 11.1 Å². The normalized spacial score (nSPS) is 12.0. The molecule has 1 rings (SSSR count). The third kappa shape index (κ3) is 4.40. The van der Waals surface area contributed by atoms with Crippen LogP contribution >= 0.6 is 0 Å². The summed E-state index contributed by atoms with van der Waals surface area (Å²) in [5.74, 6) is -0.168. The first-order chi connectivity index (χ1) is 8.56. The van der Waals surface area contributed by atoms with Gasteiger partial charge in [0.05, 0.1) is 6.61 Å². The lowest BCUT2D eigenvalue weighted by atomic mass is 10.1. The van der Waals surface area contributed by atoms with Crippen molar-refractivity contribution in [2.24, 2.45) is 0 Å². The number of aryl methyl sites for hydroxylation is 2. The summed E-state index contributed by atoms with van der Waals surface area (Å²) in [6.45, 7) is 8.43. The zero-order valence-corrected chi connectivity index (χ0v) is 11.7. The molecule has 0 aromatic heterocycles. The number of carbonyl (C=O) groups excluding carboxylic acids is 1. The van der Waals surface area contributed by atoms with Gasteiger partial charge < -0.3 is 10.1 Å². The maximum Gasteiger partial charge on any atom is 0.328 e. The van der Waals surface area contributed by atoms with Crippen molar-refractivity contribution < 1.29 is 9.53 Å². The predicted octanol–water partition coefficient (Wildman–Crippen LogP) is 3.45. The molecule has 3 heteroatoms. The highest BCUT2D eigenvalue weighted by atomic mass is 16.5. The lowest BCUT2D eigenvalue weighted by Gasteiger charge is -2.18. The van der Waals surface area contributed by atoms with Gasteiger partial charge in [-0.2, -0.15) is 0 Å². The van der Waals surface area contributed by atoms with E-state index in [1.54, 1.807) is 0 Å². The van der Waals surface area contributed by atoms with Gasteiger partial charge >= 0.3 is 5.97 Å². The third-order valence-corrected chi connectivity index (χ3v) is 2.71. The number of hydrogen-bond donors (Lipinski definition) is 1. The van der Waals surface area contributed by atoms with Gasteiger partial charge in [-0.15, -0.1) is 0 Å². The number of anilines is 1. The number of ether oxygens (including phenoxy) is 1. The Labute approximate surface area is 110 Å². The average Bonchev–Trinajstić information content (AvgIpc) is 2.27. The van der Waals surface area contributed by atoms with Gasteiger partial charge in [0.2, 0.25) is 0 Å². The summed E-state index contributed by atoms with van der Waals surface area (Å²) in [7, 11) is 0. The molecule has 0 fully saturated rings. The number of esters is 1. The molecule has 0 radical (unpaired) electrons. The van der Waals surface area contributed by atoms with Crippen molar-refractivity contribution in [3.63, 3.8) is 0 Å². The van der Waals surface area contributed by atoms with Crippen molar-refractivity contribution in [1.29, 1.82) is 0 Å². The fourth-order valence-electron chi connectivity index (χ4n) is 2.04. The topological polar surface area (TPSA) is 38.3 Å². The Kier molecular flexibility index (Phi) is 5.69. The molecule has 0 heterocycles. The molecule has 1 aromatic rings. The molecular formula is C15H23NO2. The monoisotopic (exact) mass is 249 g/mol. The van der Waals surface area contributed by atoms with Gasteiger partial charge in [-0.05, 0) is 50.5 Å².